The van der Waals surface area contributed by atoms with Crippen LogP contribution in [0.1, 0.15) is 6.92 Å². The first-order valence-electron chi connectivity index (χ1n) is 5.14. The molecule has 0 aliphatic carbocycles. The van der Waals surface area contributed by atoms with Crippen molar-refractivity contribution in [2.24, 2.45) is 0 Å². The fourth-order valence-electron chi connectivity index (χ4n) is 1.46. The molecule has 1 aromatic rings. The molecule has 0 heterocycles. The number of halogens is 2. The summed E-state index contributed by atoms with van der Waals surface area (Å²) >= 11 is 7.24. The lowest BCUT2D eigenvalue weighted by atomic mass is 10.2. The molecule has 1 aromatic carbocycles. The Kier molecular flexibility index (Phi) is 5.36. The van der Waals surface area contributed by atoms with Gasteiger partial charge in [-0.05, 0) is 19.2 Å². The Morgan fingerprint density at radius 3 is 2.76 bits per heavy atom. The van der Waals surface area contributed by atoms with Gasteiger partial charge >= 0.3 is 0 Å². The highest BCUT2D eigenvalue weighted by atomic mass is 35.5. The van der Waals surface area contributed by atoms with Crippen LogP contribution in [0.2, 0.25) is 5.02 Å². The van der Waals surface area contributed by atoms with Crippen LogP contribution in [0.25, 0.3) is 0 Å². The minimum atomic E-state index is -0.536. The van der Waals surface area contributed by atoms with Gasteiger partial charge in [0.1, 0.15) is 5.82 Å². The number of anilines is 2. The van der Waals surface area contributed by atoms with Crippen LogP contribution in [0.3, 0.4) is 0 Å². The quantitative estimate of drug-likeness (QED) is 0.725. The molecule has 1 rings (SSSR count). The van der Waals surface area contributed by atoms with Crippen molar-refractivity contribution in [1.29, 1.82) is 0 Å². The summed E-state index contributed by atoms with van der Waals surface area (Å²) in [7, 11) is 0. The van der Waals surface area contributed by atoms with E-state index in [1.54, 1.807) is 11.8 Å². The monoisotopic (exact) mass is 278 g/mol. The van der Waals surface area contributed by atoms with Gasteiger partial charge < -0.3 is 16.2 Å². The third-order valence-electron chi connectivity index (χ3n) is 2.52. The maximum Gasteiger partial charge on any atom is 0.143 e. The molecule has 0 radical (unpaired) electrons. The van der Waals surface area contributed by atoms with Crippen molar-refractivity contribution in [3.63, 3.8) is 0 Å². The van der Waals surface area contributed by atoms with Crippen molar-refractivity contribution in [2.45, 2.75) is 18.2 Å². The number of aliphatic hydroxyl groups is 1. The van der Waals surface area contributed by atoms with Gasteiger partial charge in [-0.1, -0.05) is 11.6 Å². The lowest BCUT2D eigenvalue weighted by molar-refractivity contribution is 0.288. The number of rotatable bonds is 5. The molecule has 4 N–H and O–H groups in total. The zero-order valence-corrected chi connectivity index (χ0v) is 11.3. The molecular formula is C11H16ClFN2OS. The molecule has 0 saturated carbocycles. The molecule has 17 heavy (non-hydrogen) atoms. The van der Waals surface area contributed by atoms with Gasteiger partial charge in [0.15, 0.2) is 0 Å². The number of nitrogen functional groups attached to an aromatic ring is 1. The Morgan fingerprint density at radius 1 is 1.59 bits per heavy atom. The summed E-state index contributed by atoms with van der Waals surface area (Å²) in [5.41, 5.74) is 6.57. The molecule has 96 valence electrons. The van der Waals surface area contributed by atoms with E-state index in [9.17, 15) is 4.39 Å². The van der Waals surface area contributed by atoms with Crippen LogP contribution in [0.5, 0.6) is 0 Å². The van der Waals surface area contributed by atoms with E-state index in [1.165, 1.54) is 12.1 Å². The molecular weight excluding hydrogens is 263 g/mol. The Bertz CT molecular complexity index is 388. The summed E-state index contributed by atoms with van der Waals surface area (Å²) in [6.07, 6.45) is 1.92. The predicted molar refractivity (Wildman–Crippen MR) is 73.3 cm³/mol. The first-order valence-corrected chi connectivity index (χ1v) is 6.80. The van der Waals surface area contributed by atoms with Gasteiger partial charge in [0.2, 0.25) is 0 Å². The number of nitrogens with one attached hydrogen (secondary N) is 1. The third kappa shape index (κ3) is 3.66. The molecule has 0 spiro atoms. The minimum Gasteiger partial charge on any atom is -0.397 e. The zero-order valence-electron chi connectivity index (χ0n) is 9.71. The van der Waals surface area contributed by atoms with E-state index >= 15 is 0 Å². The number of aliphatic hydroxyl groups excluding tert-OH is 1. The number of hydrogen-bond acceptors (Lipinski definition) is 4. The van der Waals surface area contributed by atoms with E-state index < -0.39 is 5.82 Å². The second-order valence-electron chi connectivity index (χ2n) is 3.74. The molecule has 6 heteroatoms. The smallest absolute Gasteiger partial charge is 0.143 e. The van der Waals surface area contributed by atoms with Gasteiger partial charge in [-0.3, -0.25) is 0 Å². The van der Waals surface area contributed by atoms with Gasteiger partial charge in [0.25, 0.3) is 0 Å². The first kappa shape index (κ1) is 14.4. The van der Waals surface area contributed by atoms with E-state index in [1.807, 2.05) is 13.2 Å². The highest BCUT2D eigenvalue weighted by Gasteiger charge is 2.16. The zero-order chi connectivity index (χ0) is 13.0. The average molecular weight is 279 g/mol. The van der Waals surface area contributed by atoms with E-state index in [0.29, 0.717) is 11.4 Å². The summed E-state index contributed by atoms with van der Waals surface area (Å²) in [4.78, 5) is 0. The summed E-state index contributed by atoms with van der Waals surface area (Å²) in [6.45, 7) is 1.98. The van der Waals surface area contributed by atoms with Crippen LogP contribution in [-0.2, 0) is 0 Å². The molecule has 0 aliphatic rings. The Balaban J connectivity index is 2.84. The molecule has 0 aliphatic heterocycles. The number of hydrogen-bond donors (Lipinski definition) is 3. The highest BCUT2D eigenvalue weighted by molar-refractivity contribution is 7.99. The first-order chi connectivity index (χ1) is 7.99. The van der Waals surface area contributed by atoms with E-state index in [0.717, 1.165) is 0 Å². The molecule has 0 amide bonds. The maximum atomic E-state index is 13.1. The average Bonchev–Trinajstić information content (AvgIpc) is 2.27. The molecule has 0 saturated heterocycles. The maximum absolute atomic E-state index is 13.1. The standard InChI is InChI=1S/C11H16ClFN2OS/c1-6(11(5-16)17-2)15-10-3-7(12)8(13)4-9(10)14/h3-4,6,11,15-16H,5,14H2,1-2H3. The third-order valence-corrected chi connectivity index (χ3v) is 3.97. The molecule has 2 unspecified atom stereocenters. The fraction of sp³-hybridized carbons (Fsp3) is 0.455. The normalized spacial score (nSPS) is 14.4. The molecule has 0 bridgehead atoms. The largest absolute Gasteiger partial charge is 0.397 e. The fourth-order valence-corrected chi connectivity index (χ4v) is 2.25. The molecule has 3 nitrogen and oxygen atoms in total. The Labute approximate surface area is 110 Å². The molecule has 0 fully saturated rings. The molecule has 2 atom stereocenters. The van der Waals surface area contributed by atoms with Crippen LogP contribution >= 0.6 is 23.4 Å². The van der Waals surface area contributed by atoms with Gasteiger partial charge in [-0.25, -0.2) is 4.39 Å². The van der Waals surface area contributed by atoms with Crippen molar-refractivity contribution in [2.75, 3.05) is 23.9 Å². The van der Waals surface area contributed by atoms with E-state index in [-0.39, 0.29) is 22.9 Å². The van der Waals surface area contributed by atoms with Crippen LogP contribution < -0.4 is 11.1 Å². The van der Waals surface area contributed by atoms with Gasteiger partial charge in [-0.15, -0.1) is 0 Å². The van der Waals surface area contributed by atoms with Crippen LogP contribution in [-0.4, -0.2) is 29.3 Å². The van der Waals surface area contributed by atoms with E-state index in [4.69, 9.17) is 22.4 Å². The summed E-state index contributed by atoms with van der Waals surface area (Å²) < 4.78 is 13.1. The number of nitrogens with two attached hydrogens (primary N) is 1. The highest BCUT2D eigenvalue weighted by Crippen LogP contribution is 2.27. The number of thioether (sulfide) groups is 1. The predicted octanol–water partition coefficient (Wildman–Crippen LogP) is 2.59. The Hall–Kier alpha value is -0.650. The Morgan fingerprint density at radius 2 is 2.24 bits per heavy atom. The summed E-state index contributed by atoms with van der Waals surface area (Å²) in [5, 5.41) is 12.4. The topological polar surface area (TPSA) is 58.3 Å². The second kappa shape index (κ2) is 6.33. The van der Waals surface area contributed by atoms with Gasteiger partial charge in [0.05, 0.1) is 23.0 Å². The lowest BCUT2D eigenvalue weighted by Crippen LogP contribution is -2.31. The SMILES string of the molecule is CSC(CO)C(C)Nc1cc(Cl)c(F)cc1N. The van der Waals surface area contributed by atoms with Crippen LogP contribution in [0.15, 0.2) is 12.1 Å². The van der Waals surface area contributed by atoms with Crippen molar-refractivity contribution in [1.82, 2.24) is 0 Å². The van der Waals surface area contributed by atoms with Crippen molar-refractivity contribution < 1.29 is 9.50 Å². The number of benzene rings is 1. The van der Waals surface area contributed by atoms with Crippen LogP contribution in [0.4, 0.5) is 15.8 Å². The van der Waals surface area contributed by atoms with Crippen molar-refractivity contribution >= 4 is 34.7 Å². The van der Waals surface area contributed by atoms with Gasteiger partial charge in [0, 0.05) is 17.4 Å². The van der Waals surface area contributed by atoms with E-state index in [2.05, 4.69) is 5.32 Å². The van der Waals surface area contributed by atoms with Crippen LogP contribution in [0, 0.1) is 5.82 Å². The summed E-state index contributed by atoms with van der Waals surface area (Å²) in [6, 6.07) is 2.64. The van der Waals surface area contributed by atoms with Crippen molar-refractivity contribution in [3.8, 4) is 0 Å². The lowest BCUT2D eigenvalue weighted by Gasteiger charge is -2.23. The second-order valence-corrected chi connectivity index (χ2v) is 5.23. The minimum absolute atomic E-state index is 0.00109. The summed E-state index contributed by atoms with van der Waals surface area (Å²) in [5.74, 6) is -0.536. The van der Waals surface area contributed by atoms with Gasteiger partial charge in [-0.2, -0.15) is 11.8 Å². The van der Waals surface area contributed by atoms with Crippen molar-refractivity contribution in [3.05, 3.63) is 23.0 Å². The molecule has 0 aromatic heterocycles.